The summed E-state index contributed by atoms with van der Waals surface area (Å²) in [6.07, 6.45) is 0. The molecule has 0 aliphatic rings. The topological polar surface area (TPSA) is 0 Å². The Bertz CT molecular complexity index is 1050. The zero-order chi connectivity index (χ0) is 16.0. The molecule has 4 rings (SSSR count). The van der Waals surface area contributed by atoms with Crippen molar-refractivity contribution in [1.82, 2.24) is 0 Å². The molecule has 23 heavy (non-hydrogen) atoms. The first kappa shape index (κ1) is 14.4. The van der Waals surface area contributed by atoms with Crippen molar-refractivity contribution in [3.8, 4) is 11.1 Å². The molecule has 0 aliphatic heterocycles. The summed E-state index contributed by atoms with van der Waals surface area (Å²) in [5.74, 6) is -0.206. The van der Waals surface area contributed by atoms with Crippen LogP contribution < -0.4 is 0 Å². The van der Waals surface area contributed by atoms with Gasteiger partial charge in [0.05, 0.1) is 4.47 Å². The number of benzene rings is 4. The Balaban J connectivity index is 2.06. The maximum Gasteiger partial charge on any atom is 0.145 e. The van der Waals surface area contributed by atoms with E-state index in [1.165, 1.54) is 5.39 Å². The van der Waals surface area contributed by atoms with Gasteiger partial charge in [0.25, 0.3) is 0 Å². The summed E-state index contributed by atoms with van der Waals surface area (Å²) in [5.41, 5.74) is 2.68. The molecule has 4 aromatic rings. The molecule has 0 N–H and O–H groups in total. The van der Waals surface area contributed by atoms with Crippen molar-refractivity contribution in [2.75, 3.05) is 0 Å². The molecule has 0 bridgehead atoms. The van der Waals surface area contributed by atoms with Gasteiger partial charge in [0.2, 0.25) is 0 Å². The number of fused-ring (bicyclic) bond motifs is 2. The Morgan fingerprint density at radius 3 is 2.17 bits per heavy atom. The van der Waals surface area contributed by atoms with E-state index in [4.69, 9.17) is 0 Å². The Labute approximate surface area is 142 Å². The third-order valence-corrected chi connectivity index (χ3v) is 5.19. The highest BCUT2D eigenvalue weighted by atomic mass is 79.9. The van der Waals surface area contributed by atoms with Gasteiger partial charge in [-0.05, 0) is 61.6 Å². The second-order valence-corrected chi connectivity index (χ2v) is 6.53. The normalized spacial score (nSPS) is 11.3. The van der Waals surface area contributed by atoms with Gasteiger partial charge in [0, 0.05) is 5.56 Å². The summed E-state index contributed by atoms with van der Waals surface area (Å²) in [6.45, 7) is 2.06. The first-order valence-corrected chi connectivity index (χ1v) is 8.31. The average molecular weight is 365 g/mol. The zero-order valence-electron chi connectivity index (χ0n) is 12.6. The fraction of sp³-hybridized carbons (Fsp3) is 0.0476. The zero-order valence-corrected chi connectivity index (χ0v) is 14.2. The highest BCUT2D eigenvalue weighted by molar-refractivity contribution is 9.10. The molecule has 0 saturated carbocycles. The molecule has 0 unspecified atom stereocenters. The van der Waals surface area contributed by atoms with Gasteiger partial charge in [-0.2, -0.15) is 0 Å². The molecule has 0 fully saturated rings. The van der Waals surface area contributed by atoms with Gasteiger partial charge in [-0.25, -0.2) is 4.39 Å². The minimum atomic E-state index is -0.206. The lowest BCUT2D eigenvalue weighted by atomic mass is 9.93. The van der Waals surface area contributed by atoms with E-state index in [0.29, 0.717) is 10.0 Å². The molecule has 0 heterocycles. The van der Waals surface area contributed by atoms with E-state index in [0.717, 1.165) is 27.3 Å². The number of rotatable bonds is 1. The van der Waals surface area contributed by atoms with Crippen LogP contribution in [0, 0.1) is 12.7 Å². The van der Waals surface area contributed by atoms with Crippen LogP contribution in [0.4, 0.5) is 4.39 Å². The van der Waals surface area contributed by atoms with E-state index < -0.39 is 0 Å². The largest absolute Gasteiger partial charge is 0.205 e. The molecular weight excluding hydrogens is 351 g/mol. The Morgan fingerprint density at radius 2 is 1.39 bits per heavy atom. The quantitative estimate of drug-likeness (QED) is 0.345. The monoisotopic (exact) mass is 364 g/mol. The fourth-order valence-electron chi connectivity index (χ4n) is 3.19. The van der Waals surface area contributed by atoms with Crippen molar-refractivity contribution in [2.24, 2.45) is 0 Å². The highest BCUT2D eigenvalue weighted by Gasteiger charge is 2.15. The van der Waals surface area contributed by atoms with Crippen LogP contribution >= 0.6 is 15.9 Å². The predicted octanol–water partition coefficient (Wildman–Crippen LogP) is 6.87. The van der Waals surface area contributed by atoms with E-state index in [1.807, 2.05) is 48.5 Å². The summed E-state index contributed by atoms with van der Waals surface area (Å²) >= 11 is 3.43. The first-order valence-electron chi connectivity index (χ1n) is 7.52. The van der Waals surface area contributed by atoms with Gasteiger partial charge >= 0.3 is 0 Å². The van der Waals surface area contributed by atoms with Crippen molar-refractivity contribution in [1.29, 1.82) is 0 Å². The number of halogens is 2. The second-order valence-electron chi connectivity index (χ2n) is 5.73. The summed E-state index contributed by atoms with van der Waals surface area (Å²) in [6, 6.07) is 22.1. The van der Waals surface area contributed by atoms with Crippen LogP contribution in [0.2, 0.25) is 0 Å². The maximum atomic E-state index is 15.0. The van der Waals surface area contributed by atoms with Gasteiger partial charge in [-0.1, -0.05) is 60.7 Å². The molecule has 0 amide bonds. The van der Waals surface area contributed by atoms with E-state index in [1.54, 1.807) is 0 Å². The lowest BCUT2D eigenvalue weighted by Gasteiger charge is -2.13. The smallest absolute Gasteiger partial charge is 0.145 e. The maximum absolute atomic E-state index is 15.0. The average Bonchev–Trinajstić information content (AvgIpc) is 2.59. The molecule has 0 radical (unpaired) electrons. The number of hydrogen-bond acceptors (Lipinski definition) is 0. The molecule has 0 atom stereocenters. The fourth-order valence-corrected chi connectivity index (χ4v) is 3.77. The van der Waals surface area contributed by atoms with Gasteiger partial charge in [0.15, 0.2) is 0 Å². The third-order valence-electron chi connectivity index (χ3n) is 4.41. The highest BCUT2D eigenvalue weighted by Crippen LogP contribution is 2.37. The Morgan fingerprint density at radius 1 is 0.739 bits per heavy atom. The molecule has 0 spiro atoms. The summed E-state index contributed by atoms with van der Waals surface area (Å²) in [5, 5.41) is 4.26. The van der Waals surface area contributed by atoms with E-state index >= 15 is 0 Å². The van der Waals surface area contributed by atoms with Crippen LogP contribution in [0.15, 0.2) is 71.2 Å². The van der Waals surface area contributed by atoms with E-state index in [9.17, 15) is 4.39 Å². The van der Waals surface area contributed by atoms with Crippen LogP contribution in [0.25, 0.3) is 32.7 Å². The Hall–Kier alpha value is -2.19. The molecule has 2 heteroatoms. The minimum Gasteiger partial charge on any atom is -0.205 e. The Kier molecular flexibility index (Phi) is 3.42. The van der Waals surface area contributed by atoms with Crippen molar-refractivity contribution in [3.63, 3.8) is 0 Å². The van der Waals surface area contributed by atoms with E-state index in [2.05, 4.69) is 41.1 Å². The van der Waals surface area contributed by atoms with Gasteiger partial charge in [-0.15, -0.1) is 0 Å². The molecule has 0 nitrogen and oxygen atoms in total. The number of aryl methyl sites for hydroxylation is 1. The van der Waals surface area contributed by atoms with E-state index in [-0.39, 0.29) is 5.82 Å². The molecule has 4 aromatic carbocycles. The summed E-state index contributed by atoms with van der Waals surface area (Å²) in [4.78, 5) is 0. The van der Waals surface area contributed by atoms with Gasteiger partial charge in [0.1, 0.15) is 5.82 Å². The van der Waals surface area contributed by atoms with Crippen molar-refractivity contribution in [3.05, 3.63) is 82.6 Å². The molecule has 0 saturated heterocycles. The van der Waals surface area contributed by atoms with Gasteiger partial charge in [-0.3, -0.25) is 0 Å². The van der Waals surface area contributed by atoms with Gasteiger partial charge < -0.3 is 0 Å². The number of hydrogen-bond donors (Lipinski definition) is 0. The summed E-state index contributed by atoms with van der Waals surface area (Å²) in [7, 11) is 0. The molecule has 0 aromatic heterocycles. The van der Waals surface area contributed by atoms with Crippen LogP contribution in [-0.4, -0.2) is 0 Å². The summed E-state index contributed by atoms with van der Waals surface area (Å²) < 4.78 is 15.5. The van der Waals surface area contributed by atoms with Crippen molar-refractivity contribution < 1.29 is 4.39 Å². The minimum absolute atomic E-state index is 0.206. The second kappa shape index (κ2) is 5.47. The lowest BCUT2D eigenvalue weighted by Crippen LogP contribution is -1.92. The van der Waals surface area contributed by atoms with Crippen LogP contribution in [-0.2, 0) is 0 Å². The molecule has 0 aliphatic carbocycles. The third kappa shape index (κ3) is 2.25. The standard InChI is InChI=1S/C21H14BrF/c1-13-16-8-4-2-6-14(16)10-11-17(13)19-12-15-7-3-5-9-18(15)20(22)21(19)23/h2-12H,1H3. The van der Waals surface area contributed by atoms with Crippen molar-refractivity contribution >= 4 is 37.5 Å². The predicted molar refractivity (Wildman–Crippen MR) is 99.3 cm³/mol. The first-order chi connectivity index (χ1) is 11.2. The molecular formula is C21H14BrF. The van der Waals surface area contributed by atoms with Crippen molar-refractivity contribution in [2.45, 2.75) is 6.92 Å². The van der Waals surface area contributed by atoms with Crippen LogP contribution in [0.5, 0.6) is 0 Å². The molecule has 112 valence electrons. The van der Waals surface area contributed by atoms with Crippen LogP contribution in [0.3, 0.4) is 0 Å². The SMILES string of the molecule is Cc1c(-c2cc3ccccc3c(Br)c2F)ccc2ccccc12. The van der Waals surface area contributed by atoms with Crippen LogP contribution in [0.1, 0.15) is 5.56 Å². The lowest BCUT2D eigenvalue weighted by molar-refractivity contribution is 0.627.